The van der Waals surface area contributed by atoms with E-state index in [0.29, 0.717) is 37.2 Å². The van der Waals surface area contributed by atoms with Crippen molar-refractivity contribution in [2.45, 2.75) is 78.6 Å². The van der Waals surface area contributed by atoms with Crippen LogP contribution in [0.2, 0.25) is 0 Å². The number of aryl methyl sites for hydroxylation is 3. The van der Waals surface area contributed by atoms with Crippen LogP contribution >= 0.6 is 0 Å². The van der Waals surface area contributed by atoms with Crippen molar-refractivity contribution in [1.82, 2.24) is 9.88 Å². The molecule has 1 aliphatic heterocycles. The molecule has 6 nitrogen and oxygen atoms in total. The summed E-state index contributed by atoms with van der Waals surface area (Å²) in [6.07, 6.45) is 1.58. The number of hydrogen-bond acceptors (Lipinski definition) is 4. The molecule has 6 heteroatoms. The quantitative estimate of drug-likeness (QED) is 0.386. The summed E-state index contributed by atoms with van der Waals surface area (Å²) < 4.78 is 6.09. The van der Waals surface area contributed by atoms with Crippen molar-refractivity contribution in [2.75, 3.05) is 6.54 Å². The van der Waals surface area contributed by atoms with Gasteiger partial charge in [0.1, 0.15) is 0 Å². The van der Waals surface area contributed by atoms with Gasteiger partial charge in [-0.3, -0.25) is 9.78 Å². The average Bonchev–Trinajstić information content (AvgIpc) is 2.87. The highest BCUT2D eigenvalue weighted by molar-refractivity contribution is 5.83. The molecule has 0 fully saturated rings. The van der Waals surface area contributed by atoms with E-state index in [1.807, 2.05) is 82.0 Å². The molecule has 38 heavy (non-hydrogen) atoms. The number of aromatic nitrogens is 1. The van der Waals surface area contributed by atoms with Crippen LogP contribution in [0.1, 0.15) is 73.4 Å². The van der Waals surface area contributed by atoms with Crippen LogP contribution in [0.5, 0.6) is 0 Å². The van der Waals surface area contributed by atoms with Crippen LogP contribution in [0.4, 0.5) is 0 Å². The first-order valence-corrected chi connectivity index (χ1v) is 13.3. The zero-order valence-electron chi connectivity index (χ0n) is 23.1. The average molecular weight is 515 g/mol. The lowest BCUT2D eigenvalue weighted by molar-refractivity contribution is -0.160. The van der Waals surface area contributed by atoms with Crippen LogP contribution in [0, 0.1) is 13.8 Å². The molecule has 0 radical (unpaired) electrons. The molecule has 2 heterocycles. The Labute approximate surface area is 225 Å². The molecule has 3 aromatic rings. The topological polar surface area (TPSA) is 79.7 Å². The Morgan fingerprint density at radius 3 is 2.37 bits per heavy atom. The summed E-state index contributed by atoms with van der Waals surface area (Å²) in [6, 6.07) is 18.3. The molecule has 1 amide bonds. The second-order valence-corrected chi connectivity index (χ2v) is 11.1. The van der Waals surface area contributed by atoms with E-state index in [9.17, 15) is 14.7 Å². The van der Waals surface area contributed by atoms with Crippen LogP contribution in [0.15, 0.2) is 54.6 Å². The predicted octanol–water partition coefficient (Wildman–Crippen LogP) is 6.21. The third-order valence-corrected chi connectivity index (χ3v) is 6.93. The van der Waals surface area contributed by atoms with Crippen LogP contribution < -0.4 is 0 Å². The second kappa shape index (κ2) is 11.5. The normalized spacial score (nSPS) is 14.2. The number of amides is 1. The van der Waals surface area contributed by atoms with E-state index >= 15 is 0 Å². The van der Waals surface area contributed by atoms with Crippen molar-refractivity contribution in [2.24, 2.45) is 0 Å². The molecule has 0 bridgehead atoms. The number of carbonyl (C=O) groups is 2. The number of ether oxygens (including phenoxy) is 1. The molecular formula is C32H38N2O4. The van der Waals surface area contributed by atoms with Gasteiger partial charge in [-0.15, -0.1) is 0 Å². The number of fused-ring (bicyclic) bond motifs is 1. The lowest BCUT2D eigenvalue weighted by Gasteiger charge is -2.33. The number of pyridine rings is 1. The number of rotatable bonds is 8. The van der Waals surface area contributed by atoms with Gasteiger partial charge in [0, 0.05) is 48.4 Å². The summed E-state index contributed by atoms with van der Waals surface area (Å²) in [5.41, 5.74) is 6.47. The number of aliphatic carboxylic acids is 1. The van der Waals surface area contributed by atoms with E-state index in [4.69, 9.17) is 9.72 Å². The second-order valence-electron chi connectivity index (χ2n) is 11.1. The van der Waals surface area contributed by atoms with Gasteiger partial charge in [0.25, 0.3) is 0 Å². The van der Waals surface area contributed by atoms with E-state index < -0.39 is 17.7 Å². The molecule has 1 aromatic heterocycles. The molecule has 2 aromatic carbocycles. The maximum Gasteiger partial charge on any atom is 0.337 e. The monoisotopic (exact) mass is 514 g/mol. The number of hydrogen-bond donors (Lipinski definition) is 1. The van der Waals surface area contributed by atoms with E-state index in [1.54, 1.807) is 0 Å². The minimum atomic E-state index is -1.18. The van der Waals surface area contributed by atoms with E-state index in [0.717, 1.165) is 40.8 Å². The summed E-state index contributed by atoms with van der Waals surface area (Å²) in [6.45, 7) is 10.5. The van der Waals surface area contributed by atoms with Gasteiger partial charge in [0.2, 0.25) is 5.91 Å². The van der Waals surface area contributed by atoms with E-state index in [2.05, 4.69) is 12.1 Å². The zero-order chi connectivity index (χ0) is 27.4. The standard InChI is InChI=1S/C32H38N2O4/c1-21-14-16-24(17-15-21)29-25-20-34(27(35)13-9-12-23-10-7-6-8-11-23)19-18-26(25)33-22(2)28(29)30(31(36)37)38-32(3,4)5/h6-8,10-11,14-17,30H,9,12-13,18-20H2,1-5H3,(H,36,37)/t30-/m0/s1. The molecule has 4 rings (SSSR count). The van der Waals surface area contributed by atoms with Crippen LogP contribution in [-0.4, -0.2) is 39.0 Å². The Morgan fingerprint density at radius 1 is 1.05 bits per heavy atom. The van der Waals surface area contributed by atoms with Crippen molar-refractivity contribution >= 4 is 11.9 Å². The Kier molecular flexibility index (Phi) is 8.32. The summed E-state index contributed by atoms with van der Waals surface area (Å²) in [7, 11) is 0. The summed E-state index contributed by atoms with van der Waals surface area (Å²) in [5, 5.41) is 10.2. The van der Waals surface area contributed by atoms with Crippen molar-refractivity contribution < 1.29 is 19.4 Å². The Morgan fingerprint density at radius 2 is 1.74 bits per heavy atom. The number of carboxylic acids is 1. The van der Waals surface area contributed by atoms with Crippen molar-refractivity contribution in [3.8, 4) is 11.1 Å². The van der Waals surface area contributed by atoms with Gasteiger partial charge in [-0.1, -0.05) is 60.2 Å². The number of nitrogens with zero attached hydrogens (tertiary/aromatic N) is 2. The van der Waals surface area contributed by atoms with Gasteiger partial charge in [-0.05, 0) is 64.2 Å². The Hall–Kier alpha value is -3.51. The van der Waals surface area contributed by atoms with Gasteiger partial charge < -0.3 is 14.7 Å². The highest BCUT2D eigenvalue weighted by Gasteiger charge is 2.35. The molecule has 1 atom stereocenters. The van der Waals surface area contributed by atoms with E-state index in [1.165, 1.54) is 5.56 Å². The lowest BCUT2D eigenvalue weighted by Crippen LogP contribution is -2.37. The fourth-order valence-electron chi connectivity index (χ4n) is 5.12. The minimum Gasteiger partial charge on any atom is -0.479 e. The smallest absolute Gasteiger partial charge is 0.337 e. The highest BCUT2D eigenvalue weighted by Crippen LogP contribution is 2.40. The minimum absolute atomic E-state index is 0.115. The summed E-state index contributed by atoms with van der Waals surface area (Å²) >= 11 is 0. The Balaban J connectivity index is 1.70. The van der Waals surface area contributed by atoms with Gasteiger partial charge in [0.05, 0.1) is 5.60 Å². The third kappa shape index (κ3) is 6.48. The van der Waals surface area contributed by atoms with Gasteiger partial charge in [0.15, 0.2) is 6.10 Å². The number of carbonyl (C=O) groups excluding carboxylic acids is 1. The molecule has 0 saturated heterocycles. The van der Waals surface area contributed by atoms with Crippen LogP contribution in [0.25, 0.3) is 11.1 Å². The molecule has 1 N–H and O–H groups in total. The molecule has 0 aliphatic carbocycles. The zero-order valence-corrected chi connectivity index (χ0v) is 23.1. The Bertz CT molecular complexity index is 1290. The largest absolute Gasteiger partial charge is 0.479 e. The van der Waals surface area contributed by atoms with Crippen molar-refractivity contribution in [3.05, 3.63) is 88.2 Å². The van der Waals surface area contributed by atoms with Crippen LogP contribution in [-0.2, 0) is 33.7 Å². The summed E-state index contributed by atoms with van der Waals surface area (Å²) in [4.78, 5) is 32.5. The van der Waals surface area contributed by atoms with Gasteiger partial charge >= 0.3 is 5.97 Å². The molecule has 0 spiro atoms. The fraction of sp³-hybridized carbons (Fsp3) is 0.406. The maximum absolute atomic E-state index is 13.3. The maximum atomic E-state index is 13.3. The van der Waals surface area contributed by atoms with Crippen molar-refractivity contribution in [3.63, 3.8) is 0 Å². The molecule has 0 saturated carbocycles. The molecule has 1 aliphatic rings. The lowest BCUT2D eigenvalue weighted by atomic mass is 9.87. The fourth-order valence-corrected chi connectivity index (χ4v) is 5.12. The van der Waals surface area contributed by atoms with Crippen molar-refractivity contribution in [1.29, 1.82) is 0 Å². The number of benzene rings is 2. The molecule has 200 valence electrons. The first kappa shape index (κ1) is 27.5. The molecule has 0 unspecified atom stereocenters. The summed E-state index contributed by atoms with van der Waals surface area (Å²) in [5.74, 6) is -0.938. The highest BCUT2D eigenvalue weighted by atomic mass is 16.5. The first-order valence-electron chi connectivity index (χ1n) is 13.3. The van der Waals surface area contributed by atoms with Crippen LogP contribution in [0.3, 0.4) is 0 Å². The van der Waals surface area contributed by atoms with Gasteiger partial charge in [-0.25, -0.2) is 4.79 Å². The first-order chi connectivity index (χ1) is 18.0. The predicted molar refractivity (Wildman–Crippen MR) is 149 cm³/mol. The third-order valence-electron chi connectivity index (χ3n) is 6.93. The number of carboxylic acid groups (broad SMARTS) is 1. The SMILES string of the molecule is Cc1ccc(-c2c3c(nc(C)c2[C@H](OC(C)(C)C)C(=O)O)CCN(C(=O)CCCc2ccccc2)C3)cc1. The van der Waals surface area contributed by atoms with E-state index in [-0.39, 0.29) is 5.91 Å². The van der Waals surface area contributed by atoms with Gasteiger partial charge in [-0.2, -0.15) is 0 Å². The molecular weight excluding hydrogens is 476 g/mol.